The molecular weight excluding hydrogens is 337 g/mol. The molecule has 0 spiro atoms. The zero-order valence-corrected chi connectivity index (χ0v) is 14.2. The van der Waals surface area contributed by atoms with Gasteiger partial charge < -0.3 is 9.84 Å². The molecule has 1 rings (SSSR count). The van der Waals surface area contributed by atoms with E-state index in [-0.39, 0.29) is 34.2 Å². The van der Waals surface area contributed by atoms with E-state index in [9.17, 15) is 13.5 Å². The van der Waals surface area contributed by atoms with E-state index >= 15 is 0 Å². The van der Waals surface area contributed by atoms with Crippen molar-refractivity contribution in [2.45, 2.75) is 37.3 Å². The Balaban J connectivity index is 3.12. The molecule has 0 radical (unpaired) electrons. The number of benzene rings is 1. The molecule has 1 unspecified atom stereocenters. The minimum absolute atomic E-state index is 0.0114. The summed E-state index contributed by atoms with van der Waals surface area (Å²) in [7, 11) is -2.31. The van der Waals surface area contributed by atoms with E-state index in [2.05, 4.69) is 4.72 Å². The quantitative estimate of drug-likeness (QED) is 0.751. The number of ether oxygens (including phenoxy) is 1. The normalized spacial score (nSPS) is 13.4. The number of hydrogen-bond acceptors (Lipinski definition) is 4. The Morgan fingerprint density at radius 3 is 2.52 bits per heavy atom. The smallest absolute Gasteiger partial charge is 0.242 e. The molecular formula is C13H19Cl2NO4S. The molecule has 120 valence electrons. The number of hydrogen-bond donors (Lipinski definition) is 2. The molecule has 0 aliphatic rings. The highest BCUT2D eigenvalue weighted by atomic mass is 35.5. The third-order valence-corrected chi connectivity index (χ3v) is 5.22. The molecule has 5 nitrogen and oxygen atoms in total. The predicted molar refractivity (Wildman–Crippen MR) is 83.3 cm³/mol. The van der Waals surface area contributed by atoms with Crippen LogP contribution in [0, 0.1) is 0 Å². The van der Waals surface area contributed by atoms with Crippen molar-refractivity contribution in [3.63, 3.8) is 0 Å². The molecule has 1 atom stereocenters. The number of halogens is 2. The van der Waals surface area contributed by atoms with Gasteiger partial charge in [-0.05, 0) is 24.1 Å². The molecule has 8 heteroatoms. The number of aliphatic hydroxyl groups is 1. The molecule has 0 aliphatic heterocycles. The second-order valence-corrected chi connectivity index (χ2v) is 7.09. The second kappa shape index (κ2) is 8.31. The van der Waals surface area contributed by atoms with Crippen LogP contribution in [-0.2, 0) is 21.4 Å². The third-order valence-electron chi connectivity index (χ3n) is 2.89. The van der Waals surface area contributed by atoms with Crippen LogP contribution in [0.1, 0.15) is 25.3 Å². The minimum atomic E-state index is -3.82. The Labute approximate surface area is 135 Å². The van der Waals surface area contributed by atoms with Gasteiger partial charge >= 0.3 is 0 Å². The second-order valence-electron chi connectivity index (χ2n) is 4.59. The van der Waals surface area contributed by atoms with Crippen LogP contribution < -0.4 is 4.72 Å². The first-order chi connectivity index (χ1) is 9.85. The van der Waals surface area contributed by atoms with Crippen molar-refractivity contribution >= 4 is 33.2 Å². The molecule has 1 aromatic carbocycles. The summed E-state index contributed by atoms with van der Waals surface area (Å²) in [5, 5.41) is 9.42. The Morgan fingerprint density at radius 2 is 2.00 bits per heavy atom. The van der Waals surface area contributed by atoms with Crippen molar-refractivity contribution in [2.24, 2.45) is 0 Å². The Kier molecular flexibility index (Phi) is 7.39. The maximum absolute atomic E-state index is 12.4. The van der Waals surface area contributed by atoms with Crippen LogP contribution in [0.15, 0.2) is 17.0 Å². The van der Waals surface area contributed by atoms with Crippen molar-refractivity contribution in [2.75, 3.05) is 13.7 Å². The van der Waals surface area contributed by atoms with Crippen LogP contribution in [0.4, 0.5) is 0 Å². The van der Waals surface area contributed by atoms with Gasteiger partial charge in [0.1, 0.15) is 4.90 Å². The molecule has 0 fully saturated rings. The number of nitrogens with one attached hydrogen (secondary N) is 1. The summed E-state index contributed by atoms with van der Waals surface area (Å²) >= 11 is 11.8. The maximum Gasteiger partial charge on any atom is 0.242 e. The van der Waals surface area contributed by atoms with Gasteiger partial charge in [0.2, 0.25) is 10.0 Å². The van der Waals surface area contributed by atoms with Crippen LogP contribution in [-0.4, -0.2) is 33.3 Å². The minimum Gasteiger partial charge on any atom is -0.392 e. The number of sulfonamides is 1. The van der Waals surface area contributed by atoms with Crippen molar-refractivity contribution < 1.29 is 18.3 Å². The summed E-state index contributed by atoms with van der Waals surface area (Å²) < 4.78 is 32.4. The lowest BCUT2D eigenvalue weighted by Gasteiger charge is -2.18. The van der Waals surface area contributed by atoms with Crippen molar-refractivity contribution in [3.05, 3.63) is 27.7 Å². The average molecular weight is 356 g/mol. The van der Waals surface area contributed by atoms with E-state index in [1.807, 2.05) is 6.92 Å². The lowest BCUT2D eigenvalue weighted by Crippen LogP contribution is -2.38. The van der Waals surface area contributed by atoms with Crippen LogP contribution in [0.3, 0.4) is 0 Å². The standard InChI is InChI=1S/C13H19Cl2NO4S/c1-3-4-10(8-20-2)16-21(18,19)13-5-9(7-17)11(14)6-12(13)15/h5-6,10,16-17H,3-4,7-8H2,1-2H3. The highest BCUT2D eigenvalue weighted by Gasteiger charge is 2.23. The monoisotopic (exact) mass is 355 g/mol. The molecule has 2 N–H and O–H groups in total. The van der Waals surface area contributed by atoms with E-state index in [1.54, 1.807) is 0 Å². The van der Waals surface area contributed by atoms with Gasteiger partial charge in [-0.2, -0.15) is 0 Å². The zero-order valence-electron chi connectivity index (χ0n) is 11.9. The van der Waals surface area contributed by atoms with E-state index in [0.29, 0.717) is 12.0 Å². The van der Waals surface area contributed by atoms with Crippen LogP contribution in [0.25, 0.3) is 0 Å². The topological polar surface area (TPSA) is 75.6 Å². The van der Waals surface area contributed by atoms with Gasteiger partial charge in [-0.25, -0.2) is 13.1 Å². The first-order valence-electron chi connectivity index (χ1n) is 6.45. The fraction of sp³-hybridized carbons (Fsp3) is 0.538. The Hall–Kier alpha value is -0.370. The summed E-state index contributed by atoms with van der Waals surface area (Å²) in [5.74, 6) is 0. The van der Waals surface area contributed by atoms with Gasteiger partial charge in [0.05, 0.1) is 18.2 Å². The summed E-state index contributed by atoms with van der Waals surface area (Å²) in [6.45, 7) is 1.86. The van der Waals surface area contributed by atoms with Gasteiger partial charge in [0.15, 0.2) is 0 Å². The SMILES string of the molecule is CCCC(COC)NS(=O)(=O)c1cc(CO)c(Cl)cc1Cl. The van der Waals surface area contributed by atoms with Crippen molar-refractivity contribution in [1.82, 2.24) is 4.72 Å². The number of aliphatic hydroxyl groups excluding tert-OH is 1. The van der Waals surface area contributed by atoms with Crippen LogP contribution in [0.5, 0.6) is 0 Å². The highest BCUT2D eigenvalue weighted by molar-refractivity contribution is 7.89. The maximum atomic E-state index is 12.4. The van der Waals surface area contributed by atoms with E-state index in [1.165, 1.54) is 19.2 Å². The first kappa shape index (κ1) is 18.7. The van der Waals surface area contributed by atoms with E-state index in [4.69, 9.17) is 27.9 Å². The van der Waals surface area contributed by atoms with Gasteiger partial charge in [-0.15, -0.1) is 0 Å². The molecule has 0 bridgehead atoms. The van der Waals surface area contributed by atoms with Crippen molar-refractivity contribution in [1.29, 1.82) is 0 Å². The predicted octanol–water partition coefficient (Wildman–Crippen LogP) is 2.58. The molecule has 0 heterocycles. The zero-order chi connectivity index (χ0) is 16.0. The van der Waals surface area contributed by atoms with Gasteiger partial charge in [0, 0.05) is 18.2 Å². The van der Waals surface area contributed by atoms with Crippen molar-refractivity contribution in [3.8, 4) is 0 Å². The van der Waals surface area contributed by atoms with Gasteiger partial charge in [-0.3, -0.25) is 0 Å². The summed E-state index contributed by atoms with van der Waals surface area (Å²) in [4.78, 5) is -0.102. The Bertz CT molecular complexity index is 572. The fourth-order valence-electron chi connectivity index (χ4n) is 1.91. The first-order valence-corrected chi connectivity index (χ1v) is 8.69. The lowest BCUT2D eigenvalue weighted by atomic mass is 10.2. The molecule has 21 heavy (non-hydrogen) atoms. The van der Waals surface area contributed by atoms with Crippen LogP contribution >= 0.6 is 23.2 Å². The molecule has 0 saturated heterocycles. The molecule has 0 saturated carbocycles. The molecule has 1 aromatic rings. The van der Waals surface area contributed by atoms with Crippen LogP contribution in [0.2, 0.25) is 10.0 Å². The van der Waals surface area contributed by atoms with E-state index in [0.717, 1.165) is 6.42 Å². The number of rotatable bonds is 8. The third kappa shape index (κ3) is 5.09. The Morgan fingerprint density at radius 1 is 1.33 bits per heavy atom. The van der Waals surface area contributed by atoms with E-state index < -0.39 is 10.0 Å². The summed E-state index contributed by atoms with van der Waals surface area (Å²) in [5.41, 5.74) is 0.306. The van der Waals surface area contributed by atoms with Gasteiger partial charge in [0.25, 0.3) is 0 Å². The average Bonchev–Trinajstić information content (AvgIpc) is 2.38. The number of methoxy groups -OCH3 is 1. The summed E-state index contributed by atoms with van der Waals surface area (Å²) in [6.07, 6.45) is 1.46. The molecule has 0 amide bonds. The molecule has 0 aromatic heterocycles. The fourth-order valence-corrected chi connectivity index (χ4v) is 4.02. The lowest BCUT2D eigenvalue weighted by molar-refractivity contribution is 0.171. The largest absolute Gasteiger partial charge is 0.392 e. The molecule has 0 aliphatic carbocycles. The highest BCUT2D eigenvalue weighted by Crippen LogP contribution is 2.29. The summed E-state index contributed by atoms with van der Waals surface area (Å²) in [6, 6.07) is 2.26. The van der Waals surface area contributed by atoms with Gasteiger partial charge in [-0.1, -0.05) is 36.5 Å².